The van der Waals surface area contributed by atoms with Gasteiger partial charge in [0.1, 0.15) is 5.75 Å². The Bertz CT molecular complexity index is 532. The van der Waals surface area contributed by atoms with Crippen LogP contribution in [0, 0.1) is 0 Å². The van der Waals surface area contributed by atoms with Gasteiger partial charge in [0.2, 0.25) is 15.7 Å². The fraction of sp³-hybridized carbons (Fsp3) is 0.778. The van der Waals surface area contributed by atoms with E-state index in [0.717, 1.165) is 23.9 Å². The lowest BCUT2D eigenvalue weighted by Crippen LogP contribution is -2.39. The molecule has 0 radical (unpaired) electrons. The lowest BCUT2D eigenvalue weighted by Gasteiger charge is -2.26. The number of amides is 1. The van der Waals surface area contributed by atoms with E-state index in [0.29, 0.717) is 13.1 Å². The molecule has 1 aliphatic rings. The molecule has 0 aromatic carbocycles. The van der Waals surface area contributed by atoms with Crippen molar-refractivity contribution < 1.29 is 13.2 Å². The summed E-state index contributed by atoms with van der Waals surface area (Å²) >= 11 is 0. The van der Waals surface area contributed by atoms with Crippen LogP contribution in [-0.4, -0.2) is 58.3 Å². The molecule has 1 aromatic heterocycles. The fourth-order valence-electron chi connectivity index (χ4n) is 1.95. The van der Waals surface area contributed by atoms with Crippen LogP contribution < -0.4 is 0 Å². The summed E-state index contributed by atoms with van der Waals surface area (Å²) in [4.78, 5) is 13.5. The molecule has 1 fully saturated rings. The molecule has 0 saturated carbocycles. The number of likely N-dealkylation sites (tertiary alicyclic amines) is 1. The van der Waals surface area contributed by atoms with E-state index in [-0.39, 0.29) is 11.1 Å². The number of aromatic nitrogens is 4. The van der Waals surface area contributed by atoms with Gasteiger partial charge in [-0.15, -0.1) is 0 Å². The number of aryl methyl sites for hydroxylation is 1. The van der Waals surface area contributed by atoms with Crippen molar-refractivity contribution in [2.75, 3.05) is 18.8 Å². The lowest BCUT2D eigenvalue weighted by atomic mass is 10.1. The van der Waals surface area contributed by atoms with E-state index < -0.39 is 15.6 Å². The van der Waals surface area contributed by atoms with Gasteiger partial charge in [0, 0.05) is 20.1 Å². The number of rotatable bonds is 3. The van der Waals surface area contributed by atoms with Gasteiger partial charge in [-0.3, -0.25) is 4.79 Å². The van der Waals surface area contributed by atoms with Crippen molar-refractivity contribution in [3.63, 3.8) is 0 Å². The smallest absolute Gasteiger partial charge is 0.267 e. The predicted octanol–water partition coefficient (Wildman–Crippen LogP) is -1.00. The maximum absolute atomic E-state index is 12.0. The molecule has 2 heterocycles. The van der Waals surface area contributed by atoms with Crippen molar-refractivity contribution in [2.45, 2.75) is 24.4 Å². The van der Waals surface area contributed by atoms with Gasteiger partial charge in [0.15, 0.2) is 0 Å². The Morgan fingerprint density at radius 3 is 2.50 bits per heavy atom. The van der Waals surface area contributed by atoms with Crippen LogP contribution in [0.1, 0.15) is 19.3 Å². The van der Waals surface area contributed by atoms with E-state index in [2.05, 4.69) is 15.5 Å². The highest BCUT2D eigenvalue weighted by atomic mass is 32.2. The monoisotopic (exact) mass is 273 g/mol. The van der Waals surface area contributed by atoms with E-state index in [9.17, 15) is 13.2 Å². The van der Waals surface area contributed by atoms with Gasteiger partial charge in [0.25, 0.3) is 5.16 Å². The van der Waals surface area contributed by atoms with Crippen LogP contribution >= 0.6 is 0 Å². The Morgan fingerprint density at radius 2 is 1.94 bits per heavy atom. The maximum atomic E-state index is 12.0. The average Bonchev–Trinajstić information content (AvgIpc) is 2.77. The number of piperidine rings is 1. The standard InChI is InChI=1S/C9H15N5O3S/c1-13-9(10-11-12-13)18(16,17)7-8(15)14-5-3-2-4-6-14/h2-7H2,1H3. The molecule has 0 N–H and O–H groups in total. The molecule has 0 atom stereocenters. The number of hydrogen-bond donors (Lipinski definition) is 0. The molecule has 18 heavy (non-hydrogen) atoms. The Kier molecular flexibility index (Phi) is 3.60. The summed E-state index contributed by atoms with van der Waals surface area (Å²) in [6.45, 7) is 1.26. The van der Waals surface area contributed by atoms with Crippen LogP contribution in [0.3, 0.4) is 0 Å². The quantitative estimate of drug-likeness (QED) is 0.700. The highest BCUT2D eigenvalue weighted by Gasteiger charge is 2.28. The molecule has 100 valence electrons. The minimum atomic E-state index is -3.76. The molecule has 2 rings (SSSR count). The topological polar surface area (TPSA) is 98.0 Å². The van der Waals surface area contributed by atoms with Crippen molar-refractivity contribution in [3.8, 4) is 0 Å². The fourth-order valence-corrected chi connectivity index (χ4v) is 3.18. The molecule has 1 saturated heterocycles. The molecule has 0 spiro atoms. The summed E-state index contributed by atoms with van der Waals surface area (Å²) in [6, 6.07) is 0. The van der Waals surface area contributed by atoms with Crippen LogP contribution in [0.5, 0.6) is 0 Å². The zero-order valence-electron chi connectivity index (χ0n) is 10.1. The molecule has 0 unspecified atom stereocenters. The van der Waals surface area contributed by atoms with Crippen molar-refractivity contribution in [3.05, 3.63) is 0 Å². The van der Waals surface area contributed by atoms with Gasteiger partial charge >= 0.3 is 0 Å². The third-order valence-electron chi connectivity index (χ3n) is 2.88. The third-order valence-corrected chi connectivity index (χ3v) is 4.41. The van der Waals surface area contributed by atoms with Crippen molar-refractivity contribution in [1.82, 2.24) is 25.1 Å². The van der Waals surface area contributed by atoms with E-state index in [1.165, 1.54) is 7.05 Å². The minimum absolute atomic E-state index is 0.271. The minimum Gasteiger partial charge on any atom is -0.342 e. The van der Waals surface area contributed by atoms with Gasteiger partial charge in [0.05, 0.1) is 0 Å². The number of carbonyl (C=O) groups is 1. The molecule has 1 aromatic rings. The molecule has 1 aliphatic heterocycles. The van der Waals surface area contributed by atoms with E-state index in [4.69, 9.17) is 0 Å². The first-order valence-corrected chi connectivity index (χ1v) is 7.39. The number of sulfone groups is 1. The normalized spacial score (nSPS) is 16.8. The number of tetrazole rings is 1. The third kappa shape index (κ3) is 2.66. The van der Waals surface area contributed by atoms with Gasteiger partial charge in [-0.05, 0) is 29.7 Å². The van der Waals surface area contributed by atoms with Crippen molar-refractivity contribution >= 4 is 15.7 Å². The van der Waals surface area contributed by atoms with E-state index in [1.807, 2.05) is 0 Å². The number of carbonyl (C=O) groups excluding carboxylic acids is 1. The maximum Gasteiger partial charge on any atom is 0.267 e. The van der Waals surface area contributed by atoms with Gasteiger partial charge in [-0.1, -0.05) is 5.10 Å². The van der Waals surface area contributed by atoms with Crippen molar-refractivity contribution in [1.29, 1.82) is 0 Å². The predicted molar refractivity (Wildman–Crippen MR) is 61.3 cm³/mol. The number of hydrogen-bond acceptors (Lipinski definition) is 6. The largest absolute Gasteiger partial charge is 0.342 e. The van der Waals surface area contributed by atoms with Crippen molar-refractivity contribution in [2.24, 2.45) is 7.05 Å². The summed E-state index contributed by atoms with van der Waals surface area (Å²) in [5.74, 6) is -0.945. The first-order chi connectivity index (χ1) is 8.50. The van der Waals surface area contributed by atoms with Crippen LogP contribution in [0.15, 0.2) is 5.16 Å². The van der Waals surface area contributed by atoms with E-state index in [1.54, 1.807) is 4.90 Å². The van der Waals surface area contributed by atoms with Crippen LogP contribution in [-0.2, 0) is 21.7 Å². The highest BCUT2D eigenvalue weighted by Crippen LogP contribution is 2.11. The molecule has 0 aliphatic carbocycles. The van der Waals surface area contributed by atoms with Gasteiger partial charge in [-0.2, -0.15) is 0 Å². The molecular formula is C9H15N5O3S. The number of nitrogens with zero attached hydrogens (tertiary/aromatic N) is 5. The van der Waals surface area contributed by atoms with Gasteiger partial charge in [-0.25, -0.2) is 13.1 Å². The summed E-state index contributed by atoms with van der Waals surface area (Å²) in [5.41, 5.74) is 0. The SMILES string of the molecule is Cn1nnnc1S(=O)(=O)CC(=O)N1CCCCC1. The average molecular weight is 273 g/mol. The van der Waals surface area contributed by atoms with Crippen LogP contribution in [0.2, 0.25) is 0 Å². The molecule has 8 nitrogen and oxygen atoms in total. The molecule has 1 amide bonds. The van der Waals surface area contributed by atoms with E-state index >= 15 is 0 Å². The van der Waals surface area contributed by atoms with Crippen LogP contribution in [0.25, 0.3) is 0 Å². The second-order valence-electron chi connectivity index (χ2n) is 4.29. The summed E-state index contributed by atoms with van der Waals surface area (Å²) in [5, 5.41) is 9.88. The Morgan fingerprint density at radius 1 is 1.28 bits per heavy atom. The summed E-state index contributed by atoms with van der Waals surface area (Å²) in [6.07, 6.45) is 2.94. The second-order valence-corrected chi connectivity index (χ2v) is 6.17. The van der Waals surface area contributed by atoms with Gasteiger partial charge < -0.3 is 4.90 Å². The molecular weight excluding hydrogens is 258 g/mol. The molecule has 0 bridgehead atoms. The Balaban J connectivity index is 2.09. The summed E-state index contributed by atoms with van der Waals surface area (Å²) < 4.78 is 25.0. The second kappa shape index (κ2) is 5.01. The summed E-state index contributed by atoms with van der Waals surface area (Å²) in [7, 11) is -2.33. The zero-order chi connectivity index (χ0) is 13.2. The Labute approximate surface area is 105 Å². The first-order valence-electron chi connectivity index (χ1n) is 5.73. The zero-order valence-corrected chi connectivity index (χ0v) is 10.9. The Hall–Kier alpha value is -1.51. The lowest BCUT2D eigenvalue weighted by molar-refractivity contribution is -0.129. The first kappa shape index (κ1) is 12.9. The highest BCUT2D eigenvalue weighted by molar-refractivity contribution is 7.91. The van der Waals surface area contributed by atoms with Crippen LogP contribution in [0.4, 0.5) is 0 Å². The molecule has 9 heteroatoms.